The zero-order chi connectivity index (χ0) is 10.9. The molecule has 0 spiro atoms. The van der Waals surface area contributed by atoms with E-state index in [9.17, 15) is 12.8 Å². The van der Waals surface area contributed by atoms with Crippen molar-refractivity contribution in [1.29, 1.82) is 0 Å². The maximum atomic E-state index is 13.2. The van der Waals surface area contributed by atoms with E-state index >= 15 is 0 Å². The van der Waals surface area contributed by atoms with Gasteiger partial charge >= 0.3 is 7.12 Å². The monoisotopic (exact) mass is 219 g/mol. The van der Waals surface area contributed by atoms with Crippen molar-refractivity contribution in [3.63, 3.8) is 0 Å². The Bertz CT molecular complexity index is 447. The van der Waals surface area contributed by atoms with E-state index in [4.69, 9.17) is 15.2 Å². The molecule has 0 saturated heterocycles. The fraction of sp³-hybridized carbons (Fsp3) is 0. The van der Waals surface area contributed by atoms with Gasteiger partial charge in [0.25, 0.3) is 0 Å². The Hall–Kier alpha value is -0.955. The van der Waals surface area contributed by atoms with Crippen molar-refractivity contribution in [2.24, 2.45) is 5.14 Å². The molecule has 0 radical (unpaired) electrons. The number of primary sulfonamides is 1. The van der Waals surface area contributed by atoms with Crippen LogP contribution in [0.3, 0.4) is 0 Å². The first-order chi connectivity index (χ1) is 6.34. The third-order valence-corrected chi connectivity index (χ3v) is 2.51. The summed E-state index contributed by atoms with van der Waals surface area (Å²) in [5.41, 5.74) is -0.531. The van der Waals surface area contributed by atoms with E-state index in [1.807, 2.05) is 0 Å². The van der Waals surface area contributed by atoms with Gasteiger partial charge in [-0.3, -0.25) is 0 Å². The number of nitrogens with two attached hydrogens (primary N) is 1. The van der Waals surface area contributed by atoms with Crippen molar-refractivity contribution in [3.05, 3.63) is 24.0 Å². The quantitative estimate of drug-likeness (QED) is 0.508. The van der Waals surface area contributed by atoms with Crippen LogP contribution < -0.4 is 10.6 Å². The Morgan fingerprint density at radius 2 is 1.93 bits per heavy atom. The number of halogens is 1. The highest BCUT2D eigenvalue weighted by molar-refractivity contribution is 7.89. The molecule has 4 N–H and O–H groups in total. The number of hydrogen-bond acceptors (Lipinski definition) is 4. The molecule has 0 bridgehead atoms. The van der Waals surface area contributed by atoms with Gasteiger partial charge in [0.15, 0.2) is 0 Å². The van der Waals surface area contributed by atoms with Crippen LogP contribution >= 0.6 is 0 Å². The highest BCUT2D eigenvalue weighted by Crippen LogP contribution is 2.09. The topological polar surface area (TPSA) is 101 Å². The molecule has 0 heterocycles. The van der Waals surface area contributed by atoms with Crippen molar-refractivity contribution < 1.29 is 22.9 Å². The second-order valence-electron chi connectivity index (χ2n) is 2.58. The van der Waals surface area contributed by atoms with Crippen LogP contribution in [0.5, 0.6) is 0 Å². The van der Waals surface area contributed by atoms with Crippen LogP contribution in [-0.2, 0) is 10.0 Å². The fourth-order valence-electron chi connectivity index (χ4n) is 0.947. The van der Waals surface area contributed by atoms with E-state index in [0.717, 1.165) is 18.2 Å². The zero-order valence-corrected chi connectivity index (χ0v) is 7.70. The molecule has 76 valence electrons. The van der Waals surface area contributed by atoms with Crippen LogP contribution in [0.2, 0.25) is 0 Å². The molecule has 1 rings (SSSR count). The van der Waals surface area contributed by atoms with Gasteiger partial charge in [0, 0.05) is 5.46 Å². The molecule has 0 amide bonds. The van der Waals surface area contributed by atoms with Gasteiger partial charge in [-0.25, -0.2) is 17.9 Å². The first kappa shape index (κ1) is 11.1. The molecule has 0 aliphatic heterocycles. The highest BCUT2D eigenvalue weighted by Gasteiger charge is 2.23. The van der Waals surface area contributed by atoms with E-state index in [1.54, 1.807) is 0 Å². The van der Waals surface area contributed by atoms with Crippen molar-refractivity contribution in [3.8, 4) is 0 Å². The molecular formula is C6H7BFNO4S. The Morgan fingerprint density at radius 1 is 1.36 bits per heavy atom. The fourth-order valence-corrected chi connectivity index (χ4v) is 1.58. The average molecular weight is 219 g/mol. The van der Waals surface area contributed by atoms with Gasteiger partial charge in [0.2, 0.25) is 10.0 Å². The van der Waals surface area contributed by atoms with Crippen LogP contribution in [-0.4, -0.2) is 25.6 Å². The van der Waals surface area contributed by atoms with E-state index < -0.39 is 33.3 Å². The molecule has 0 aliphatic carbocycles. The second-order valence-corrected chi connectivity index (χ2v) is 4.11. The summed E-state index contributed by atoms with van der Waals surface area (Å²) in [4.78, 5) is -0.761. The minimum absolute atomic E-state index is 0.531. The maximum absolute atomic E-state index is 13.2. The molecule has 0 atom stereocenters. The number of sulfonamides is 1. The molecule has 0 aliphatic rings. The van der Waals surface area contributed by atoms with E-state index in [0.29, 0.717) is 0 Å². The summed E-state index contributed by atoms with van der Waals surface area (Å²) in [6.45, 7) is 0. The van der Waals surface area contributed by atoms with Gasteiger partial charge in [0.1, 0.15) is 10.7 Å². The lowest BCUT2D eigenvalue weighted by atomic mass is 9.80. The van der Waals surface area contributed by atoms with Crippen LogP contribution in [0.25, 0.3) is 0 Å². The van der Waals surface area contributed by atoms with Crippen molar-refractivity contribution >= 4 is 22.6 Å². The Morgan fingerprint density at radius 3 is 2.36 bits per heavy atom. The van der Waals surface area contributed by atoms with Gasteiger partial charge in [-0.1, -0.05) is 12.1 Å². The molecule has 0 aromatic heterocycles. The Labute approximate surface area is 80.2 Å². The Balaban J connectivity index is 3.43. The SMILES string of the molecule is NS(=O)(=O)c1cccc(B(O)O)c1F. The standard InChI is InChI=1S/C6H7BFNO4S/c8-6-4(7(10)11)2-1-3-5(6)14(9,12)13/h1-3,10-11H,(H2,9,12,13). The minimum Gasteiger partial charge on any atom is -0.423 e. The third-order valence-electron chi connectivity index (χ3n) is 1.58. The van der Waals surface area contributed by atoms with Gasteiger partial charge in [-0.15, -0.1) is 0 Å². The minimum atomic E-state index is -4.19. The van der Waals surface area contributed by atoms with Gasteiger partial charge in [-0.05, 0) is 6.07 Å². The van der Waals surface area contributed by atoms with Crippen LogP contribution in [0.15, 0.2) is 23.1 Å². The summed E-state index contributed by atoms with van der Waals surface area (Å²) in [6, 6.07) is 3.16. The molecular weight excluding hydrogens is 212 g/mol. The van der Waals surface area contributed by atoms with Crippen LogP contribution in [0, 0.1) is 5.82 Å². The Kier molecular flexibility index (Phi) is 2.91. The number of rotatable bonds is 2. The van der Waals surface area contributed by atoms with Crippen molar-refractivity contribution in [2.45, 2.75) is 4.90 Å². The lowest BCUT2D eigenvalue weighted by molar-refractivity contribution is 0.422. The average Bonchev–Trinajstić information content (AvgIpc) is 2.01. The molecule has 0 saturated carbocycles. The van der Waals surface area contributed by atoms with Crippen molar-refractivity contribution in [2.75, 3.05) is 0 Å². The lowest BCUT2D eigenvalue weighted by Crippen LogP contribution is -2.34. The molecule has 1 aromatic rings. The molecule has 14 heavy (non-hydrogen) atoms. The smallest absolute Gasteiger partial charge is 0.423 e. The summed E-state index contributed by atoms with van der Waals surface area (Å²) >= 11 is 0. The molecule has 0 unspecified atom stereocenters. The first-order valence-electron chi connectivity index (χ1n) is 3.51. The van der Waals surface area contributed by atoms with Crippen LogP contribution in [0.4, 0.5) is 4.39 Å². The molecule has 8 heteroatoms. The largest absolute Gasteiger partial charge is 0.491 e. The summed E-state index contributed by atoms with van der Waals surface area (Å²) in [7, 11) is -6.26. The van der Waals surface area contributed by atoms with Gasteiger partial charge < -0.3 is 10.0 Å². The van der Waals surface area contributed by atoms with Crippen molar-refractivity contribution in [1.82, 2.24) is 0 Å². The number of hydrogen-bond donors (Lipinski definition) is 3. The number of benzene rings is 1. The first-order valence-corrected chi connectivity index (χ1v) is 5.06. The van der Waals surface area contributed by atoms with E-state index in [-0.39, 0.29) is 0 Å². The summed E-state index contributed by atoms with van der Waals surface area (Å²) in [6.07, 6.45) is 0. The normalized spacial score (nSPS) is 11.4. The predicted molar refractivity (Wildman–Crippen MR) is 47.6 cm³/mol. The second kappa shape index (κ2) is 3.66. The lowest BCUT2D eigenvalue weighted by Gasteiger charge is -2.04. The summed E-state index contributed by atoms with van der Waals surface area (Å²) in [5, 5.41) is 22.0. The van der Waals surface area contributed by atoms with Gasteiger partial charge in [0.05, 0.1) is 0 Å². The summed E-state index contributed by atoms with van der Waals surface area (Å²) < 4.78 is 34.8. The van der Waals surface area contributed by atoms with E-state index in [1.165, 1.54) is 0 Å². The molecule has 0 fully saturated rings. The predicted octanol–water partition coefficient (Wildman–Crippen LogP) is -1.85. The van der Waals surface area contributed by atoms with E-state index in [2.05, 4.69) is 0 Å². The third kappa shape index (κ3) is 2.10. The molecule has 5 nitrogen and oxygen atoms in total. The maximum Gasteiger partial charge on any atom is 0.491 e. The zero-order valence-electron chi connectivity index (χ0n) is 6.88. The van der Waals surface area contributed by atoms with Crippen LogP contribution in [0.1, 0.15) is 0 Å². The molecule has 1 aromatic carbocycles. The summed E-state index contributed by atoms with van der Waals surface area (Å²) in [5.74, 6) is -1.25. The van der Waals surface area contributed by atoms with Gasteiger partial charge in [-0.2, -0.15) is 0 Å². The highest BCUT2D eigenvalue weighted by atomic mass is 32.2.